The maximum absolute atomic E-state index is 5.93. The van der Waals surface area contributed by atoms with Gasteiger partial charge in [0.25, 0.3) is 0 Å². The van der Waals surface area contributed by atoms with Crippen molar-refractivity contribution < 1.29 is 9.38 Å². The summed E-state index contributed by atoms with van der Waals surface area (Å²) < 4.78 is 17.7. The van der Waals surface area contributed by atoms with Crippen LogP contribution in [0.2, 0.25) is 0 Å². The molecule has 0 bridgehead atoms. The fourth-order valence-corrected chi connectivity index (χ4v) is 6.07. The van der Waals surface area contributed by atoms with Crippen LogP contribution < -0.4 is 7.06 Å². The summed E-state index contributed by atoms with van der Waals surface area (Å²) in [6, 6.07) is 20.0. The molecule has 0 fully saturated rings. The molecule has 4 radical (unpaired) electrons. The number of hydrogen-bond donors (Lipinski definition) is 0. The predicted molar refractivity (Wildman–Crippen MR) is 107 cm³/mol. The van der Waals surface area contributed by atoms with Gasteiger partial charge >= 0.3 is 175 Å². The van der Waals surface area contributed by atoms with E-state index in [9.17, 15) is 0 Å². The van der Waals surface area contributed by atoms with Crippen molar-refractivity contribution in [2.24, 2.45) is 0 Å². The molecule has 0 saturated carbocycles. The number of rotatable bonds is 6. The first kappa shape index (κ1) is 18.5. The summed E-state index contributed by atoms with van der Waals surface area (Å²) in [6.45, 7) is 3.96. The van der Waals surface area contributed by atoms with Gasteiger partial charge in [0.15, 0.2) is 0 Å². The van der Waals surface area contributed by atoms with Crippen molar-refractivity contribution in [3.8, 4) is 11.5 Å². The molecule has 7 heteroatoms. The number of pyridine rings is 2. The van der Waals surface area contributed by atoms with Crippen molar-refractivity contribution in [1.82, 2.24) is 9.97 Å². The van der Waals surface area contributed by atoms with E-state index in [1.165, 1.54) is 0 Å². The van der Waals surface area contributed by atoms with E-state index in [1.807, 2.05) is 62.4 Å². The van der Waals surface area contributed by atoms with Crippen molar-refractivity contribution in [1.29, 1.82) is 0 Å². The molecule has 2 heterocycles. The molecule has 0 unspecified atom stereocenters. The van der Waals surface area contributed by atoms with Gasteiger partial charge in [-0.15, -0.1) is 0 Å². The van der Waals surface area contributed by atoms with Crippen molar-refractivity contribution in [3.05, 3.63) is 72.1 Å². The first-order valence-corrected chi connectivity index (χ1v) is 12.5. The number of nitrogens with zero attached hydrogens (tertiary/aromatic N) is 2. The Kier molecular flexibility index (Phi) is 5.75. The predicted octanol–water partition coefficient (Wildman–Crippen LogP) is 3.94. The quantitative estimate of drug-likeness (QED) is 0.315. The van der Waals surface area contributed by atoms with Crippen LogP contribution in [0.4, 0.5) is 0 Å². The van der Waals surface area contributed by atoms with Crippen LogP contribution in [0.25, 0.3) is 21.8 Å². The fraction of sp³-hybridized carbons (Fsp3) is 0.100. The Morgan fingerprint density at radius 1 is 0.630 bits per heavy atom. The van der Waals surface area contributed by atoms with Gasteiger partial charge in [-0.3, -0.25) is 0 Å². The topological polar surface area (TPSA) is 53.5 Å². The van der Waals surface area contributed by atoms with Gasteiger partial charge in [0.2, 0.25) is 0 Å². The zero-order valence-electron chi connectivity index (χ0n) is 15.0. The van der Waals surface area contributed by atoms with Crippen molar-refractivity contribution >= 4 is 58.1 Å². The van der Waals surface area contributed by atoms with Gasteiger partial charge in [-0.1, -0.05) is 0 Å². The Labute approximate surface area is 174 Å². The van der Waals surface area contributed by atoms with Crippen LogP contribution in [0, 0.1) is 13.8 Å². The van der Waals surface area contributed by atoms with E-state index in [0.29, 0.717) is 0 Å². The Morgan fingerprint density at radius 2 is 1.11 bits per heavy atom. The van der Waals surface area contributed by atoms with Crippen molar-refractivity contribution in [2.45, 2.75) is 13.8 Å². The minimum atomic E-state index is -1.34. The molecule has 0 amide bonds. The van der Waals surface area contributed by atoms with Gasteiger partial charge in [0.05, 0.1) is 0 Å². The van der Waals surface area contributed by atoms with E-state index >= 15 is 0 Å². The van der Waals surface area contributed by atoms with Gasteiger partial charge in [0.1, 0.15) is 0 Å². The van der Waals surface area contributed by atoms with Gasteiger partial charge in [0, 0.05) is 0 Å². The second kappa shape index (κ2) is 8.41. The summed E-state index contributed by atoms with van der Waals surface area (Å²) in [5.74, 6) is 1.58. The molecule has 0 aliphatic rings. The van der Waals surface area contributed by atoms with E-state index in [0.717, 1.165) is 44.7 Å². The van der Waals surface area contributed by atoms with Crippen molar-refractivity contribution in [2.75, 3.05) is 0 Å². The number of fused-ring (bicyclic) bond motifs is 2. The molecule has 2 aromatic carbocycles. The summed E-state index contributed by atoms with van der Waals surface area (Å²) >= 11 is -2.69. The number of hydrogen-bond acceptors (Lipinski definition) is 5. The molecule has 0 aliphatic heterocycles. The zero-order valence-corrected chi connectivity index (χ0v) is 19.9. The molecule has 0 spiro atoms. The molecule has 0 N–H and O–H groups in total. The first-order chi connectivity index (χ1) is 13.2. The molecule has 0 saturated heterocycles. The summed E-state index contributed by atoms with van der Waals surface area (Å²) in [5, 5.41) is 2.14. The molecule has 4 rings (SSSR count). The normalized spacial score (nSPS) is 11.0. The third-order valence-corrected chi connectivity index (χ3v) is 8.46. The van der Waals surface area contributed by atoms with Crippen LogP contribution in [0.1, 0.15) is 11.4 Å². The second-order valence-corrected chi connectivity index (χ2v) is 11.5. The summed E-state index contributed by atoms with van der Waals surface area (Å²) in [7, 11) is 0. The molecule has 5 nitrogen and oxygen atoms in total. The van der Waals surface area contributed by atoms with Gasteiger partial charge in [-0.05, 0) is 0 Å². The first-order valence-electron chi connectivity index (χ1n) is 8.55. The molecular formula is C20H16Ga2N2O3-2. The zero-order chi connectivity index (χ0) is 18.6. The number of aromatic nitrogens is 2. The van der Waals surface area contributed by atoms with E-state index in [-0.39, 0.29) is 0 Å². The van der Waals surface area contributed by atoms with E-state index in [2.05, 4.69) is 22.1 Å². The van der Waals surface area contributed by atoms with Gasteiger partial charge in [-0.2, -0.15) is 0 Å². The average molecular weight is 472 g/mol. The Bertz CT molecular complexity index is 1020. The van der Waals surface area contributed by atoms with Gasteiger partial charge < -0.3 is 0 Å². The third kappa shape index (κ3) is 4.33. The summed E-state index contributed by atoms with van der Waals surface area (Å²) in [6.07, 6.45) is 0. The van der Waals surface area contributed by atoms with Crippen molar-refractivity contribution in [3.63, 3.8) is 0 Å². The fourth-order valence-electron chi connectivity index (χ4n) is 2.81. The standard InChI is InChI=1S/2C10H9NO.2Ga.O/c2*1-7-5-6-8-3-2-4-9(12)10(8)11-7;;;/h2*2-6,12H,1H3;;;/p-2. The molecule has 27 heavy (non-hydrogen) atoms. The second-order valence-electron chi connectivity index (χ2n) is 6.13. The molecule has 0 aliphatic carbocycles. The Morgan fingerprint density at radius 3 is 1.59 bits per heavy atom. The van der Waals surface area contributed by atoms with Crippen LogP contribution in [0.15, 0.2) is 60.7 Å². The monoisotopic (exact) mass is 470 g/mol. The minimum absolute atomic E-state index is 0.788. The summed E-state index contributed by atoms with van der Waals surface area (Å²) in [5.41, 5.74) is 3.72. The Balaban J connectivity index is 1.38. The number of benzene rings is 2. The van der Waals surface area contributed by atoms with E-state index < -0.39 is 36.3 Å². The van der Waals surface area contributed by atoms with Crippen LogP contribution in [0.3, 0.4) is 0 Å². The van der Waals surface area contributed by atoms with E-state index in [4.69, 9.17) is 9.38 Å². The van der Waals surface area contributed by atoms with E-state index in [1.54, 1.807) is 0 Å². The maximum atomic E-state index is 5.93. The molecule has 132 valence electrons. The molecule has 4 aromatic rings. The van der Waals surface area contributed by atoms with Crippen LogP contribution in [0.5, 0.6) is 11.5 Å². The third-order valence-electron chi connectivity index (χ3n) is 4.11. The molecular weight excluding hydrogens is 456 g/mol. The average Bonchev–Trinajstić information content (AvgIpc) is 2.68. The SMILES string of the molecule is Cc1ccc2cccc([O][Ga-][O][Ga-][O]c3cccc4ccc(C)nc34)c2n1. The molecule has 2 aromatic heterocycles. The van der Waals surface area contributed by atoms with Crippen LogP contribution in [-0.2, 0) is 2.32 Å². The number of aryl methyl sites for hydroxylation is 2. The Hall–Kier alpha value is -1.91. The van der Waals surface area contributed by atoms with Crippen LogP contribution >= 0.6 is 0 Å². The van der Waals surface area contributed by atoms with Crippen LogP contribution in [-0.4, -0.2) is 46.2 Å². The summed E-state index contributed by atoms with van der Waals surface area (Å²) in [4.78, 5) is 9.16. The number of para-hydroxylation sites is 2. The molecule has 0 atom stereocenters. The van der Waals surface area contributed by atoms with Gasteiger partial charge in [-0.25, -0.2) is 0 Å².